The molecule has 0 saturated carbocycles. The Kier molecular flexibility index (Phi) is 5.26. The maximum atomic E-state index is 11.9. The minimum absolute atomic E-state index is 0.0363. The summed E-state index contributed by atoms with van der Waals surface area (Å²) in [5.41, 5.74) is 0. The Morgan fingerprint density at radius 2 is 2.33 bits per heavy atom. The molecular formula is C12H23NO2. The average Bonchev–Trinajstić information content (AvgIpc) is 2.66. The zero-order valence-electron chi connectivity index (χ0n) is 10.1. The Morgan fingerprint density at radius 3 is 2.87 bits per heavy atom. The van der Waals surface area contributed by atoms with E-state index in [-0.39, 0.29) is 12.1 Å². The lowest BCUT2D eigenvalue weighted by molar-refractivity contribution is -0.121. The fourth-order valence-electron chi connectivity index (χ4n) is 2.21. The molecule has 0 aliphatic carbocycles. The van der Waals surface area contributed by atoms with E-state index in [0.717, 1.165) is 25.8 Å². The minimum Gasteiger partial charge on any atom is -0.380 e. The van der Waals surface area contributed by atoms with Gasteiger partial charge >= 0.3 is 0 Å². The van der Waals surface area contributed by atoms with Crippen molar-refractivity contribution >= 4 is 5.78 Å². The number of carbonyl (C=O) groups excluding carboxylic acids is 1. The van der Waals surface area contributed by atoms with E-state index < -0.39 is 0 Å². The number of methoxy groups -OCH3 is 1. The van der Waals surface area contributed by atoms with Crippen LogP contribution in [-0.2, 0) is 9.53 Å². The molecule has 88 valence electrons. The van der Waals surface area contributed by atoms with Gasteiger partial charge in [0.2, 0.25) is 0 Å². The average molecular weight is 213 g/mol. The number of hydrogen-bond acceptors (Lipinski definition) is 3. The molecule has 1 heterocycles. The number of hydrogen-bond donors (Lipinski definition) is 1. The second kappa shape index (κ2) is 6.23. The van der Waals surface area contributed by atoms with Crippen molar-refractivity contribution in [2.75, 3.05) is 13.7 Å². The Balaban J connectivity index is 2.29. The standard InChI is InChI=1S/C12H23NO2/c1-4-5-9(2)6-12(14)11-7-10(15-3)8-13-11/h9-11,13H,4-8H2,1-3H3. The highest BCUT2D eigenvalue weighted by molar-refractivity contribution is 5.84. The highest BCUT2D eigenvalue weighted by Crippen LogP contribution is 2.16. The van der Waals surface area contributed by atoms with E-state index in [2.05, 4.69) is 19.2 Å². The summed E-state index contributed by atoms with van der Waals surface area (Å²) in [4.78, 5) is 11.9. The number of Topliss-reactive ketones (excluding diaryl/α,β-unsaturated/α-hetero) is 1. The largest absolute Gasteiger partial charge is 0.380 e. The first-order valence-electron chi connectivity index (χ1n) is 5.96. The zero-order valence-corrected chi connectivity index (χ0v) is 10.1. The molecule has 0 spiro atoms. The quantitative estimate of drug-likeness (QED) is 0.730. The number of nitrogens with one attached hydrogen (secondary N) is 1. The molecule has 0 bridgehead atoms. The summed E-state index contributed by atoms with van der Waals surface area (Å²) in [6.07, 6.45) is 4.08. The summed E-state index contributed by atoms with van der Waals surface area (Å²) in [6, 6.07) is 0.0363. The predicted octanol–water partition coefficient (Wildman–Crippen LogP) is 1.76. The normalized spacial score (nSPS) is 27.9. The van der Waals surface area contributed by atoms with Crippen molar-refractivity contribution in [3.63, 3.8) is 0 Å². The van der Waals surface area contributed by atoms with Gasteiger partial charge in [-0.15, -0.1) is 0 Å². The van der Waals surface area contributed by atoms with Gasteiger partial charge < -0.3 is 10.1 Å². The molecule has 1 rings (SSSR count). The molecule has 0 amide bonds. The predicted molar refractivity (Wildman–Crippen MR) is 60.9 cm³/mol. The molecule has 0 radical (unpaired) electrons. The van der Waals surface area contributed by atoms with Crippen LogP contribution in [0.2, 0.25) is 0 Å². The molecule has 0 aromatic carbocycles. The van der Waals surface area contributed by atoms with Crippen molar-refractivity contribution in [2.24, 2.45) is 5.92 Å². The maximum absolute atomic E-state index is 11.9. The number of ketones is 1. The van der Waals surface area contributed by atoms with Crippen LogP contribution in [0.1, 0.15) is 39.5 Å². The number of rotatable bonds is 6. The molecule has 0 aromatic heterocycles. The Hall–Kier alpha value is -0.410. The van der Waals surface area contributed by atoms with E-state index in [4.69, 9.17) is 4.74 Å². The highest BCUT2D eigenvalue weighted by Gasteiger charge is 2.29. The molecule has 3 heteroatoms. The molecule has 1 fully saturated rings. The lowest BCUT2D eigenvalue weighted by atomic mass is 9.95. The van der Waals surface area contributed by atoms with Gasteiger partial charge in [0.1, 0.15) is 5.78 Å². The SMILES string of the molecule is CCCC(C)CC(=O)C1CC(OC)CN1. The minimum atomic E-state index is 0.0363. The van der Waals surface area contributed by atoms with Gasteiger partial charge in [0.05, 0.1) is 12.1 Å². The molecule has 15 heavy (non-hydrogen) atoms. The first kappa shape index (κ1) is 12.7. The third kappa shape index (κ3) is 3.92. The topological polar surface area (TPSA) is 38.3 Å². The Morgan fingerprint density at radius 1 is 1.60 bits per heavy atom. The van der Waals surface area contributed by atoms with Crippen LogP contribution in [0.5, 0.6) is 0 Å². The Labute approximate surface area is 92.6 Å². The van der Waals surface area contributed by atoms with Gasteiger partial charge in [-0.2, -0.15) is 0 Å². The van der Waals surface area contributed by atoms with Gasteiger partial charge in [-0.3, -0.25) is 4.79 Å². The Bertz CT molecular complexity index is 206. The molecule has 1 aliphatic heterocycles. The van der Waals surface area contributed by atoms with Crippen molar-refractivity contribution in [2.45, 2.75) is 51.7 Å². The van der Waals surface area contributed by atoms with Crippen molar-refractivity contribution in [1.29, 1.82) is 0 Å². The van der Waals surface area contributed by atoms with Crippen LogP contribution in [0.3, 0.4) is 0 Å². The molecule has 1 N–H and O–H groups in total. The van der Waals surface area contributed by atoms with Crippen LogP contribution in [0.4, 0.5) is 0 Å². The van der Waals surface area contributed by atoms with Crippen LogP contribution >= 0.6 is 0 Å². The second-order valence-corrected chi connectivity index (χ2v) is 4.62. The molecule has 1 saturated heterocycles. The van der Waals surface area contributed by atoms with E-state index in [1.54, 1.807) is 7.11 Å². The summed E-state index contributed by atoms with van der Waals surface area (Å²) in [7, 11) is 1.71. The van der Waals surface area contributed by atoms with E-state index in [9.17, 15) is 4.79 Å². The summed E-state index contributed by atoms with van der Waals surface area (Å²) < 4.78 is 5.23. The fourth-order valence-corrected chi connectivity index (χ4v) is 2.21. The van der Waals surface area contributed by atoms with Gasteiger partial charge in [-0.05, 0) is 12.3 Å². The van der Waals surface area contributed by atoms with Crippen LogP contribution in [-0.4, -0.2) is 31.6 Å². The molecule has 3 unspecified atom stereocenters. The molecule has 3 atom stereocenters. The van der Waals surface area contributed by atoms with Crippen LogP contribution in [0.25, 0.3) is 0 Å². The summed E-state index contributed by atoms with van der Waals surface area (Å²) >= 11 is 0. The third-order valence-electron chi connectivity index (χ3n) is 3.14. The molecular weight excluding hydrogens is 190 g/mol. The lowest BCUT2D eigenvalue weighted by Gasteiger charge is -2.13. The van der Waals surface area contributed by atoms with Crippen LogP contribution in [0.15, 0.2) is 0 Å². The third-order valence-corrected chi connectivity index (χ3v) is 3.14. The summed E-state index contributed by atoms with van der Waals surface area (Å²) in [5.74, 6) is 0.876. The van der Waals surface area contributed by atoms with Crippen molar-refractivity contribution in [3.05, 3.63) is 0 Å². The fraction of sp³-hybridized carbons (Fsp3) is 0.917. The summed E-state index contributed by atoms with van der Waals surface area (Å²) in [6.45, 7) is 5.13. The van der Waals surface area contributed by atoms with E-state index in [1.807, 2.05) is 0 Å². The van der Waals surface area contributed by atoms with E-state index in [1.165, 1.54) is 0 Å². The monoisotopic (exact) mass is 213 g/mol. The van der Waals surface area contributed by atoms with Gasteiger partial charge in [0, 0.05) is 20.1 Å². The number of carbonyl (C=O) groups is 1. The van der Waals surface area contributed by atoms with E-state index in [0.29, 0.717) is 18.1 Å². The van der Waals surface area contributed by atoms with Crippen LogP contribution in [0, 0.1) is 5.92 Å². The molecule has 3 nitrogen and oxygen atoms in total. The van der Waals surface area contributed by atoms with E-state index >= 15 is 0 Å². The van der Waals surface area contributed by atoms with Gasteiger partial charge in [0.15, 0.2) is 0 Å². The number of ether oxygens (including phenoxy) is 1. The highest BCUT2D eigenvalue weighted by atomic mass is 16.5. The van der Waals surface area contributed by atoms with Crippen molar-refractivity contribution in [1.82, 2.24) is 5.32 Å². The molecule has 0 aromatic rings. The second-order valence-electron chi connectivity index (χ2n) is 4.62. The van der Waals surface area contributed by atoms with Gasteiger partial charge in [-0.25, -0.2) is 0 Å². The zero-order chi connectivity index (χ0) is 11.3. The van der Waals surface area contributed by atoms with Gasteiger partial charge in [0.25, 0.3) is 0 Å². The lowest BCUT2D eigenvalue weighted by Crippen LogP contribution is -2.31. The van der Waals surface area contributed by atoms with Crippen molar-refractivity contribution < 1.29 is 9.53 Å². The van der Waals surface area contributed by atoms with Gasteiger partial charge in [-0.1, -0.05) is 26.7 Å². The summed E-state index contributed by atoms with van der Waals surface area (Å²) in [5, 5.41) is 3.23. The smallest absolute Gasteiger partial charge is 0.150 e. The van der Waals surface area contributed by atoms with Crippen molar-refractivity contribution in [3.8, 4) is 0 Å². The first-order valence-corrected chi connectivity index (χ1v) is 5.96. The van der Waals surface area contributed by atoms with Crippen LogP contribution < -0.4 is 5.32 Å². The maximum Gasteiger partial charge on any atom is 0.150 e. The molecule has 1 aliphatic rings. The first-order chi connectivity index (χ1) is 7.17.